The first kappa shape index (κ1) is 26.4. The standard InChI is InChI=1S/C25H37N5O.HI/c1-21-9-8-10-24(31)30(21)18-7-4-15-27-25(26-2)28-19-22-11-13-23(14-12-22)20-29-16-5-3-6-17-29;/h8-14H,3-7,15-20H2,1-2H3,(H2,26,27,28);1H. The molecule has 3 rings (SSSR count). The molecule has 1 saturated heterocycles. The maximum Gasteiger partial charge on any atom is 0.250 e. The second-order valence-electron chi connectivity index (χ2n) is 8.37. The molecule has 176 valence electrons. The van der Waals surface area contributed by atoms with Crippen molar-refractivity contribution in [2.45, 2.75) is 58.7 Å². The summed E-state index contributed by atoms with van der Waals surface area (Å²) < 4.78 is 1.84. The first-order chi connectivity index (χ1) is 15.2. The van der Waals surface area contributed by atoms with Gasteiger partial charge < -0.3 is 15.2 Å². The molecule has 0 atom stereocenters. The van der Waals surface area contributed by atoms with Crippen LogP contribution in [0.25, 0.3) is 0 Å². The van der Waals surface area contributed by atoms with Gasteiger partial charge in [0.2, 0.25) is 0 Å². The first-order valence-electron chi connectivity index (χ1n) is 11.6. The number of nitrogens with one attached hydrogen (secondary N) is 2. The van der Waals surface area contributed by atoms with Crippen LogP contribution in [-0.2, 0) is 19.6 Å². The van der Waals surface area contributed by atoms with Gasteiger partial charge >= 0.3 is 0 Å². The van der Waals surface area contributed by atoms with Crippen molar-refractivity contribution in [1.29, 1.82) is 0 Å². The van der Waals surface area contributed by atoms with E-state index in [1.165, 1.54) is 43.5 Å². The third-order valence-electron chi connectivity index (χ3n) is 5.93. The quantitative estimate of drug-likeness (QED) is 0.215. The minimum absolute atomic E-state index is 0. The van der Waals surface area contributed by atoms with Crippen LogP contribution in [0.5, 0.6) is 0 Å². The van der Waals surface area contributed by atoms with E-state index < -0.39 is 0 Å². The molecule has 0 amide bonds. The maximum absolute atomic E-state index is 11.9. The van der Waals surface area contributed by atoms with Crippen molar-refractivity contribution >= 4 is 29.9 Å². The number of aryl methyl sites for hydroxylation is 1. The Morgan fingerprint density at radius 1 is 0.969 bits per heavy atom. The smallest absolute Gasteiger partial charge is 0.250 e. The van der Waals surface area contributed by atoms with Gasteiger partial charge in [-0.3, -0.25) is 14.7 Å². The summed E-state index contributed by atoms with van der Waals surface area (Å²) in [6.07, 6.45) is 5.97. The third-order valence-corrected chi connectivity index (χ3v) is 5.93. The fraction of sp³-hybridized carbons (Fsp3) is 0.520. The van der Waals surface area contributed by atoms with Gasteiger partial charge in [-0.15, -0.1) is 24.0 Å². The molecule has 0 unspecified atom stereocenters. The Balaban J connectivity index is 0.00000363. The lowest BCUT2D eigenvalue weighted by Gasteiger charge is -2.26. The molecule has 0 aliphatic carbocycles. The maximum atomic E-state index is 11.9. The lowest BCUT2D eigenvalue weighted by atomic mass is 10.1. The summed E-state index contributed by atoms with van der Waals surface area (Å²) in [7, 11) is 1.80. The Labute approximate surface area is 209 Å². The van der Waals surface area contributed by atoms with E-state index in [1.807, 2.05) is 23.6 Å². The highest BCUT2D eigenvalue weighted by atomic mass is 127. The van der Waals surface area contributed by atoms with E-state index in [9.17, 15) is 4.79 Å². The van der Waals surface area contributed by atoms with Crippen LogP contribution in [0.15, 0.2) is 52.3 Å². The number of unbranched alkanes of at least 4 members (excludes halogenated alkanes) is 1. The van der Waals surface area contributed by atoms with Crippen LogP contribution in [0.1, 0.15) is 48.9 Å². The highest BCUT2D eigenvalue weighted by Gasteiger charge is 2.10. The number of hydrogen-bond donors (Lipinski definition) is 2. The van der Waals surface area contributed by atoms with E-state index in [0.29, 0.717) is 0 Å². The number of piperidine rings is 1. The molecule has 32 heavy (non-hydrogen) atoms. The molecule has 0 radical (unpaired) electrons. The van der Waals surface area contributed by atoms with Crippen LogP contribution < -0.4 is 16.2 Å². The number of nitrogens with zero attached hydrogens (tertiary/aromatic N) is 3. The molecule has 7 heteroatoms. The minimum atomic E-state index is 0. The predicted octanol–water partition coefficient (Wildman–Crippen LogP) is 3.91. The number of guanidine groups is 1. The highest BCUT2D eigenvalue weighted by molar-refractivity contribution is 14.0. The number of aliphatic imine (C=N–C) groups is 1. The van der Waals surface area contributed by atoms with Gasteiger partial charge in [0.25, 0.3) is 5.56 Å². The molecule has 2 aromatic rings. The number of likely N-dealkylation sites (tertiary alicyclic amines) is 1. The zero-order valence-corrected chi connectivity index (χ0v) is 21.8. The van der Waals surface area contributed by atoms with E-state index in [2.05, 4.69) is 44.8 Å². The fourth-order valence-electron chi connectivity index (χ4n) is 4.06. The first-order valence-corrected chi connectivity index (χ1v) is 11.6. The molecule has 1 aliphatic heterocycles. The van der Waals surface area contributed by atoms with E-state index >= 15 is 0 Å². The molecule has 6 nitrogen and oxygen atoms in total. The lowest BCUT2D eigenvalue weighted by Crippen LogP contribution is -2.37. The van der Waals surface area contributed by atoms with Crippen LogP contribution in [0.4, 0.5) is 0 Å². The molecule has 1 aromatic carbocycles. The molecule has 2 heterocycles. The number of pyridine rings is 1. The number of benzene rings is 1. The minimum Gasteiger partial charge on any atom is -0.356 e. The van der Waals surface area contributed by atoms with Crippen molar-refractivity contribution in [3.8, 4) is 0 Å². The summed E-state index contributed by atoms with van der Waals surface area (Å²) in [5.41, 5.74) is 3.73. The van der Waals surface area contributed by atoms with Gasteiger partial charge in [0.15, 0.2) is 5.96 Å². The van der Waals surface area contributed by atoms with Crippen LogP contribution in [0, 0.1) is 6.92 Å². The average Bonchev–Trinajstić information content (AvgIpc) is 2.79. The van der Waals surface area contributed by atoms with E-state index in [-0.39, 0.29) is 29.5 Å². The van der Waals surface area contributed by atoms with Crippen molar-refractivity contribution in [3.05, 3.63) is 69.6 Å². The van der Waals surface area contributed by atoms with Gasteiger partial charge in [0.1, 0.15) is 0 Å². The van der Waals surface area contributed by atoms with Gasteiger partial charge in [-0.25, -0.2) is 0 Å². The largest absolute Gasteiger partial charge is 0.356 e. The third kappa shape index (κ3) is 8.58. The monoisotopic (exact) mass is 551 g/mol. The molecular formula is C25H38IN5O. The van der Waals surface area contributed by atoms with Gasteiger partial charge in [-0.2, -0.15) is 0 Å². The van der Waals surface area contributed by atoms with Crippen LogP contribution in [0.3, 0.4) is 0 Å². The number of rotatable bonds is 9. The van der Waals surface area contributed by atoms with Crippen molar-refractivity contribution < 1.29 is 0 Å². The van der Waals surface area contributed by atoms with Crippen molar-refractivity contribution in [2.75, 3.05) is 26.7 Å². The Morgan fingerprint density at radius 3 is 2.38 bits per heavy atom. The number of hydrogen-bond acceptors (Lipinski definition) is 3. The van der Waals surface area contributed by atoms with Gasteiger partial charge in [-0.05, 0) is 62.9 Å². The molecule has 0 bridgehead atoms. The van der Waals surface area contributed by atoms with Crippen molar-refractivity contribution in [1.82, 2.24) is 20.1 Å². The fourth-order valence-corrected chi connectivity index (χ4v) is 4.06. The average molecular weight is 552 g/mol. The normalized spacial score (nSPS) is 14.6. The second kappa shape index (κ2) is 14.3. The Bertz CT molecular complexity index is 888. The Hall–Kier alpha value is -1.87. The molecule has 0 spiro atoms. The molecule has 0 saturated carbocycles. The molecule has 2 N–H and O–H groups in total. The summed E-state index contributed by atoms with van der Waals surface area (Å²) in [6.45, 7) is 7.83. The zero-order valence-electron chi connectivity index (χ0n) is 19.5. The predicted molar refractivity (Wildman–Crippen MR) is 144 cm³/mol. The van der Waals surface area contributed by atoms with E-state index in [4.69, 9.17) is 0 Å². The summed E-state index contributed by atoms with van der Waals surface area (Å²) >= 11 is 0. The highest BCUT2D eigenvalue weighted by Crippen LogP contribution is 2.13. The van der Waals surface area contributed by atoms with Crippen LogP contribution in [-0.4, -0.2) is 42.1 Å². The summed E-state index contributed by atoms with van der Waals surface area (Å²) in [4.78, 5) is 18.8. The lowest BCUT2D eigenvalue weighted by molar-refractivity contribution is 0.221. The van der Waals surface area contributed by atoms with Gasteiger partial charge in [0.05, 0.1) is 0 Å². The number of aromatic nitrogens is 1. The van der Waals surface area contributed by atoms with Crippen LogP contribution >= 0.6 is 24.0 Å². The number of halogens is 1. The van der Waals surface area contributed by atoms with Gasteiger partial charge in [-0.1, -0.05) is 36.8 Å². The van der Waals surface area contributed by atoms with Gasteiger partial charge in [0, 0.05) is 45.0 Å². The molecular weight excluding hydrogens is 513 g/mol. The van der Waals surface area contributed by atoms with E-state index in [0.717, 1.165) is 50.7 Å². The second-order valence-corrected chi connectivity index (χ2v) is 8.37. The van der Waals surface area contributed by atoms with E-state index in [1.54, 1.807) is 13.1 Å². The topological polar surface area (TPSA) is 61.7 Å². The summed E-state index contributed by atoms with van der Waals surface area (Å²) in [5, 5.41) is 6.75. The van der Waals surface area contributed by atoms with Crippen molar-refractivity contribution in [3.63, 3.8) is 0 Å². The zero-order chi connectivity index (χ0) is 21.9. The molecule has 1 fully saturated rings. The SMILES string of the molecule is CN=C(NCCCCn1c(C)cccc1=O)NCc1ccc(CN2CCCCC2)cc1.I. The Kier molecular flexibility index (Phi) is 11.8. The van der Waals surface area contributed by atoms with Crippen molar-refractivity contribution in [2.24, 2.45) is 4.99 Å². The van der Waals surface area contributed by atoms with Crippen LogP contribution in [0.2, 0.25) is 0 Å². The summed E-state index contributed by atoms with van der Waals surface area (Å²) in [5.74, 6) is 0.811. The molecule has 1 aromatic heterocycles. The Morgan fingerprint density at radius 2 is 1.69 bits per heavy atom. The molecule has 1 aliphatic rings. The summed E-state index contributed by atoms with van der Waals surface area (Å²) in [6, 6.07) is 14.3.